The average molecular weight is 285 g/mol. The van der Waals surface area contributed by atoms with Crippen molar-refractivity contribution in [3.8, 4) is 5.75 Å². The van der Waals surface area contributed by atoms with E-state index in [1.165, 1.54) is 13.2 Å². The summed E-state index contributed by atoms with van der Waals surface area (Å²) in [6.45, 7) is -0.717. The van der Waals surface area contributed by atoms with Crippen LogP contribution in [0.2, 0.25) is 0 Å². The molecular weight excluding hydrogens is 277 g/mol. The van der Waals surface area contributed by atoms with Gasteiger partial charge >= 0.3 is 6.18 Å². The molecule has 6 heteroatoms. The van der Waals surface area contributed by atoms with Crippen molar-refractivity contribution in [2.24, 2.45) is 0 Å². The molecule has 0 unspecified atom stereocenters. The molecule has 1 rings (SSSR count). The van der Waals surface area contributed by atoms with Gasteiger partial charge in [-0.25, -0.2) is 0 Å². The molecule has 0 aromatic heterocycles. The van der Waals surface area contributed by atoms with Crippen LogP contribution in [0, 0.1) is 0 Å². The summed E-state index contributed by atoms with van der Waals surface area (Å²) in [5.74, 6) is 0.0131. The van der Waals surface area contributed by atoms with Crippen molar-refractivity contribution < 1.29 is 23.0 Å². The molecule has 84 valence electrons. The van der Waals surface area contributed by atoms with Crippen LogP contribution in [0.5, 0.6) is 5.75 Å². The molecule has 0 radical (unpaired) electrons. The second-order valence-electron chi connectivity index (χ2n) is 2.79. The van der Waals surface area contributed by atoms with Gasteiger partial charge in [0.05, 0.1) is 19.3 Å². The Bertz CT molecular complexity index is 363. The van der Waals surface area contributed by atoms with Crippen molar-refractivity contribution in [2.45, 2.75) is 12.8 Å². The maximum absolute atomic E-state index is 12.5. The molecule has 0 saturated carbocycles. The van der Waals surface area contributed by atoms with E-state index in [9.17, 15) is 13.2 Å². The van der Waals surface area contributed by atoms with Crippen LogP contribution in [-0.2, 0) is 12.8 Å². The normalized spacial score (nSPS) is 11.6. The average Bonchev–Trinajstić information content (AvgIpc) is 2.15. The lowest BCUT2D eigenvalue weighted by atomic mass is 10.1. The standard InChI is InChI=1S/C9H8BrF3O2/c1-15-8-3-5(10)2-7(6(8)4-14)9(11,12)13/h2-3,14H,4H2,1H3. The maximum atomic E-state index is 12.5. The minimum Gasteiger partial charge on any atom is -0.496 e. The monoisotopic (exact) mass is 284 g/mol. The third-order valence-corrected chi connectivity index (χ3v) is 2.32. The largest absolute Gasteiger partial charge is 0.496 e. The zero-order chi connectivity index (χ0) is 11.6. The van der Waals surface area contributed by atoms with E-state index in [0.717, 1.165) is 6.07 Å². The van der Waals surface area contributed by atoms with Crippen LogP contribution in [0.4, 0.5) is 13.2 Å². The highest BCUT2D eigenvalue weighted by atomic mass is 79.9. The van der Waals surface area contributed by atoms with Crippen LogP contribution in [0.1, 0.15) is 11.1 Å². The van der Waals surface area contributed by atoms with Crippen molar-refractivity contribution in [1.29, 1.82) is 0 Å². The zero-order valence-electron chi connectivity index (χ0n) is 7.73. The summed E-state index contributed by atoms with van der Waals surface area (Å²) in [6, 6.07) is 2.29. The number of ether oxygens (including phenoxy) is 1. The van der Waals surface area contributed by atoms with Gasteiger partial charge < -0.3 is 9.84 Å². The maximum Gasteiger partial charge on any atom is 0.416 e. The molecule has 1 aromatic carbocycles. The fourth-order valence-corrected chi connectivity index (χ4v) is 1.65. The van der Waals surface area contributed by atoms with E-state index in [2.05, 4.69) is 15.9 Å². The van der Waals surface area contributed by atoms with Crippen LogP contribution in [0.25, 0.3) is 0 Å². The SMILES string of the molecule is COc1cc(Br)cc(C(F)(F)F)c1CO. The molecule has 0 aliphatic heterocycles. The Kier molecular flexibility index (Phi) is 3.62. The highest BCUT2D eigenvalue weighted by molar-refractivity contribution is 9.10. The Morgan fingerprint density at radius 1 is 1.40 bits per heavy atom. The molecule has 0 aliphatic rings. The van der Waals surface area contributed by atoms with Crippen molar-refractivity contribution >= 4 is 15.9 Å². The number of hydrogen-bond donors (Lipinski definition) is 1. The molecule has 0 amide bonds. The molecule has 0 atom stereocenters. The Morgan fingerprint density at radius 3 is 2.40 bits per heavy atom. The Morgan fingerprint density at radius 2 is 2.00 bits per heavy atom. The van der Waals surface area contributed by atoms with E-state index in [1.54, 1.807) is 0 Å². The number of methoxy groups -OCH3 is 1. The summed E-state index contributed by atoms with van der Waals surface area (Å²) in [5.41, 5.74) is -1.15. The summed E-state index contributed by atoms with van der Waals surface area (Å²) in [5, 5.41) is 8.89. The highest BCUT2D eigenvalue weighted by Crippen LogP contribution is 2.38. The van der Waals surface area contributed by atoms with Gasteiger partial charge in [-0.05, 0) is 12.1 Å². The quantitative estimate of drug-likeness (QED) is 0.905. The van der Waals surface area contributed by atoms with Gasteiger partial charge in [0.15, 0.2) is 0 Å². The minimum absolute atomic E-state index is 0.0131. The van der Waals surface area contributed by atoms with Crippen LogP contribution in [-0.4, -0.2) is 12.2 Å². The Hall–Kier alpha value is -0.750. The second kappa shape index (κ2) is 4.40. The van der Waals surface area contributed by atoms with Crippen LogP contribution >= 0.6 is 15.9 Å². The molecule has 0 spiro atoms. The molecular formula is C9H8BrF3O2. The van der Waals surface area contributed by atoms with Gasteiger partial charge in [-0.1, -0.05) is 15.9 Å². The van der Waals surface area contributed by atoms with E-state index in [0.29, 0.717) is 0 Å². The van der Waals surface area contributed by atoms with Crippen LogP contribution < -0.4 is 4.74 Å². The van der Waals surface area contributed by atoms with Crippen LogP contribution in [0.3, 0.4) is 0 Å². The first-order chi connectivity index (χ1) is 6.90. The second-order valence-corrected chi connectivity index (χ2v) is 3.71. The van der Waals surface area contributed by atoms with E-state index in [4.69, 9.17) is 9.84 Å². The number of aliphatic hydroxyl groups excluding tert-OH is 1. The Labute approximate surface area is 92.8 Å². The zero-order valence-corrected chi connectivity index (χ0v) is 9.32. The topological polar surface area (TPSA) is 29.5 Å². The van der Waals surface area contributed by atoms with E-state index in [-0.39, 0.29) is 15.8 Å². The summed E-state index contributed by atoms with van der Waals surface area (Å²) in [6.07, 6.45) is -4.50. The molecule has 0 fully saturated rings. The Balaban J connectivity index is 3.42. The van der Waals surface area contributed by atoms with Crippen molar-refractivity contribution in [1.82, 2.24) is 0 Å². The summed E-state index contributed by atoms with van der Waals surface area (Å²) < 4.78 is 42.6. The van der Waals surface area contributed by atoms with Gasteiger partial charge in [-0.3, -0.25) is 0 Å². The first-order valence-corrected chi connectivity index (χ1v) is 4.74. The number of hydrogen-bond acceptors (Lipinski definition) is 2. The number of benzene rings is 1. The summed E-state index contributed by atoms with van der Waals surface area (Å²) in [7, 11) is 1.25. The highest BCUT2D eigenvalue weighted by Gasteiger charge is 2.34. The number of alkyl halides is 3. The fourth-order valence-electron chi connectivity index (χ4n) is 1.21. The number of halogens is 4. The third-order valence-electron chi connectivity index (χ3n) is 1.86. The van der Waals surface area contributed by atoms with Gasteiger partial charge in [0.2, 0.25) is 0 Å². The first-order valence-electron chi connectivity index (χ1n) is 3.94. The molecule has 0 saturated heterocycles. The predicted octanol–water partition coefficient (Wildman–Crippen LogP) is 2.97. The van der Waals surface area contributed by atoms with Gasteiger partial charge in [0.1, 0.15) is 5.75 Å². The van der Waals surface area contributed by atoms with E-state index >= 15 is 0 Å². The van der Waals surface area contributed by atoms with Gasteiger partial charge in [0, 0.05) is 10.0 Å². The third kappa shape index (κ3) is 2.63. The molecule has 0 aliphatic carbocycles. The van der Waals surface area contributed by atoms with Gasteiger partial charge in [-0.2, -0.15) is 13.2 Å². The molecule has 0 bridgehead atoms. The fraction of sp³-hybridized carbons (Fsp3) is 0.333. The molecule has 0 heterocycles. The van der Waals surface area contributed by atoms with Gasteiger partial charge in [0.25, 0.3) is 0 Å². The number of aliphatic hydroxyl groups is 1. The molecule has 1 aromatic rings. The lowest BCUT2D eigenvalue weighted by molar-refractivity contribution is -0.138. The van der Waals surface area contributed by atoms with Crippen molar-refractivity contribution in [2.75, 3.05) is 7.11 Å². The lowest BCUT2D eigenvalue weighted by Gasteiger charge is -2.15. The van der Waals surface area contributed by atoms with Gasteiger partial charge in [-0.15, -0.1) is 0 Å². The van der Waals surface area contributed by atoms with E-state index < -0.39 is 18.3 Å². The smallest absolute Gasteiger partial charge is 0.416 e. The predicted molar refractivity (Wildman–Crippen MR) is 51.6 cm³/mol. The molecule has 2 nitrogen and oxygen atoms in total. The number of rotatable bonds is 2. The van der Waals surface area contributed by atoms with Crippen molar-refractivity contribution in [3.63, 3.8) is 0 Å². The van der Waals surface area contributed by atoms with E-state index in [1.807, 2.05) is 0 Å². The lowest BCUT2D eigenvalue weighted by Crippen LogP contribution is -2.10. The summed E-state index contributed by atoms with van der Waals surface area (Å²) >= 11 is 2.95. The summed E-state index contributed by atoms with van der Waals surface area (Å²) in [4.78, 5) is 0. The minimum atomic E-state index is -4.50. The van der Waals surface area contributed by atoms with Crippen molar-refractivity contribution in [3.05, 3.63) is 27.7 Å². The first kappa shape index (κ1) is 12.3. The molecule has 1 N–H and O–H groups in total. The van der Waals surface area contributed by atoms with Crippen LogP contribution in [0.15, 0.2) is 16.6 Å². The molecule has 15 heavy (non-hydrogen) atoms.